The first-order valence-corrected chi connectivity index (χ1v) is 9.10. The van der Waals surface area contributed by atoms with Crippen molar-refractivity contribution in [3.05, 3.63) is 47.2 Å². The van der Waals surface area contributed by atoms with Crippen LogP contribution in [-0.2, 0) is 4.74 Å². The summed E-state index contributed by atoms with van der Waals surface area (Å²) < 4.78 is 19.2. The molecule has 0 atom stereocenters. The van der Waals surface area contributed by atoms with Crippen molar-refractivity contribution < 1.29 is 14.2 Å². The molecule has 0 radical (unpaired) electrons. The zero-order valence-electron chi connectivity index (χ0n) is 14.8. The van der Waals surface area contributed by atoms with Gasteiger partial charge in [0.2, 0.25) is 0 Å². The zero-order chi connectivity index (χ0) is 18.8. The third-order valence-electron chi connectivity index (χ3n) is 4.24. The lowest BCUT2D eigenvalue weighted by atomic mass is 10.1. The Morgan fingerprint density at radius 3 is 2.74 bits per heavy atom. The summed E-state index contributed by atoms with van der Waals surface area (Å²) in [6, 6.07) is 9.70. The highest BCUT2D eigenvalue weighted by atomic mass is 79.9. The van der Waals surface area contributed by atoms with E-state index in [1.807, 2.05) is 41.2 Å². The number of halogens is 1. The third-order valence-corrected chi connectivity index (χ3v) is 4.93. The van der Waals surface area contributed by atoms with Gasteiger partial charge in [0, 0.05) is 28.4 Å². The van der Waals surface area contributed by atoms with E-state index in [4.69, 9.17) is 14.2 Å². The van der Waals surface area contributed by atoms with Crippen molar-refractivity contribution >= 4 is 37.7 Å². The first kappa shape index (κ1) is 17.7. The highest BCUT2D eigenvalue weighted by Gasteiger charge is 2.15. The van der Waals surface area contributed by atoms with Gasteiger partial charge in [-0.3, -0.25) is 0 Å². The van der Waals surface area contributed by atoms with Gasteiger partial charge in [-0.25, -0.2) is 4.68 Å². The first-order valence-electron chi connectivity index (χ1n) is 8.30. The fourth-order valence-corrected chi connectivity index (χ4v) is 3.39. The lowest BCUT2D eigenvalue weighted by molar-refractivity contribution is 0.144. The van der Waals surface area contributed by atoms with E-state index in [0.29, 0.717) is 30.2 Å². The Labute approximate surface area is 164 Å². The molecule has 2 aromatic heterocycles. The topological polar surface area (TPSA) is 71.3 Å². The van der Waals surface area contributed by atoms with Gasteiger partial charge in [-0.2, -0.15) is 15.3 Å². The summed E-state index contributed by atoms with van der Waals surface area (Å²) in [6.07, 6.45) is 3.52. The minimum absolute atomic E-state index is 0.420. The second kappa shape index (κ2) is 7.50. The summed E-state index contributed by atoms with van der Waals surface area (Å²) in [5.41, 5.74) is 2.48. The quantitative estimate of drug-likeness (QED) is 0.435. The monoisotopic (exact) mass is 428 g/mol. The van der Waals surface area contributed by atoms with E-state index in [0.717, 1.165) is 26.4 Å². The van der Waals surface area contributed by atoms with Gasteiger partial charge >= 0.3 is 0 Å². The SMILES string of the molecule is COCCOc1cc2c(-n3ncc4c(Br)cccc43)cnnc2cc1OC. The van der Waals surface area contributed by atoms with Crippen LogP contribution in [0.15, 0.2) is 47.2 Å². The predicted molar refractivity (Wildman–Crippen MR) is 106 cm³/mol. The highest BCUT2D eigenvalue weighted by Crippen LogP contribution is 2.35. The number of aromatic nitrogens is 4. The van der Waals surface area contributed by atoms with Crippen molar-refractivity contribution in [1.82, 2.24) is 20.0 Å². The molecule has 2 heterocycles. The summed E-state index contributed by atoms with van der Waals surface area (Å²) >= 11 is 3.57. The molecule has 0 aliphatic carbocycles. The van der Waals surface area contributed by atoms with Gasteiger partial charge < -0.3 is 14.2 Å². The normalized spacial score (nSPS) is 11.2. The maximum Gasteiger partial charge on any atom is 0.163 e. The molecule has 0 aliphatic heterocycles. The highest BCUT2D eigenvalue weighted by molar-refractivity contribution is 9.10. The van der Waals surface area contributed by atoms with Crippen molar-refractivity contribution in [2.24, 2.45) is 0 Å². The number of benzene rings is 2. The smallest absolute Gasteiger partial charge is 0.163 e. The van der Waals surface area contributed by atoms with Crippen LogP contribution >= 0.6 is 15.9 Å². The van der Waals surface area contributed by atoms with Crippen LogP contribution in [0, 0.1) is 0 Å². The molecule has 0 bridgehead atoms. The van der Waals surface area contributed by atoms with Crippen LogP contribution in [-0.4, -0.2) is 47.4 Å². The molecular formula is C19H17BrN4O3. The number of ether oxygens (including phenoxy) is 3. The van der Waals surface area contributed by atoms with Crippen molar-refractivity contribution in [2.45, 2.75) is 0 Å². The second-order valence-electron chi connectivity index (χ2n) is 5.82. The first-order chi connectivity index (χ1) is 13.2. The van der Waals surface area contributed by atoms with Gasteiger partial charge in [0.15, 0.2) is 11.5 Å². The van der Waals surface area contributed by atoms with Crippen LogP contribution in [0.3, 0.4) is 0 Å². The Morgan fingerprint density at radius 2 is 1.93 bits per heavy atom. The van der Waals surface area contributed by atoms with Gasteiger partial charge in [0.25, 0.3) is 0 Å². The van der Waals surface area contributed by atoms with Crippen molar-refractivity contribution in [3.63, 3.8) is 0 Å². The summed E-state index contributed by atoms with van der Waals surface area (Å²) in [5, 5.41) is 14.8. The Morgan fingerprint density at radius 1 is 1.04 bits per heavy atom. The molecule has 2 aromatic carbocycles. The molecule has 27 heavy (non-hydrogen) atoms. The van der Waals surface area contributed by atoms with Crippen LogP contribution in [0.4, 0.5) is 0 Å². The molecule has 0 saturated heterocycles. The van der Waals surface area contributed by atoms with Crippen molar-refractivity contribution in [3.8, 4) is 17.2 Å². The summed E-state index contributed by atoms with van der Waals surface area (Å²) in [5.74, 6) is 1.21. The maximum atomic E-state index is 5.82. The Balaban J connectivity index is 1.90. The molecular weight excluding hydrogens is 412 g/mol. The molecule has 0 unspecified atom stereocenters. The standard InChI is InChI=1S/C19H17BrN4O3/c1-25-6-7-27-19-8-12-15(9-18(19)26-2)23-21-11-17(12)24-16-5-3-4-14(20)13(16)10-22-24/h3-5,8-11H,6-7H2,1-2H3. The van der Waals surface area contributed by atoms with E-state index in [1.54, 1.807) is 20.4 Å². The number of hydrogen-bond acceptors (Lipinski definition) is 6. The maximum absolute atomic E-state index is 5.82. The molecule has 7 nitrogen and oxygen atoms in total. The zero-order valence-corrected chi connectivity index (χ0v) is 16.4. The molecule has 0 fully saturated rings. The minimum atomic E-state index is 0.420. The Kier molecular flexibility index (Phi) is 4.91. The fourth-order valence-electron chi connectivity index (χ4n) is 2.94. The number of rotatable bonds is 6. The van der Waals surface area contributed by atoms with Gasteiger partial charge in [-0.1, -0.05) is 22.0 Å². The number of methoxy groups -OCH3 is 2. The third kappa shape index (κ3) is 3.22. The molecule has 4 aromatic rings. The molecule has 0 spiro atoms. The molecule has 0 aliphatic rings. The van der Waals surface area contributed by atoms with Crippen LogP contribution in [0.1, 0.15) is 0 Å². The molecule has 0 N–H and O–H groups in total. The van der Waals surface area contributed by atoms with E-state index in [9.17, 15) is 0 Å². The summed E-state index contributed by atoms with van der Waals surface area (Å²) in [4.78, 5) is 0. The predicted octanol–water partition coefficient (Wildman–Crippen LogP) is 3.77. The van der Waals surface area contributed by atoms with Crippen LogP contribution in [0.5, 0.6) is 11.5 Å². The molecule has 138 valence electrons. The Bertz CT molecular complexity index is 1110. The Hall–Kier alpha value is -2.71. The number of hydrogen-bond donors (Lipinski definition) is 0. The molecule has 8 heteroatoms. The van der Waals surface area contributed by atoms with E-state index < -0.39 is 0 Å². The average molecular weight is 429 g/mol. The molecule has 0 amide bonds. The number of fused-ring (bicyclic) bond motifs is 2. The minimum Gasteiger partial charge on any atom is -0.493 e. The summed E-state index contributed by atoms with van der Waals surface area (Å²) in [6.45, 7) is 0.907. The van der Waals surface area contributed by atoms with Crippen molar-refractivity contribution in [1.29, 1.82) is 0 Å². The van der Waals surface area contributed by atoms with Crippen LogP contribution in [0.25, 0.3) is 27.5 Å². The van der Waals surface area contributed by atoms with E-state index in [2.05, 4.69) is 31.2 Å². The van der Waals surface area contributed by atoms with E-state index in [-0.39, 0.29) is 0 Å². The molecule has 4 rings (SSSR count). The lowest BCUT2D eigenvalue weighted by Crippen LogP contribution is -2.06. The summed E-state index contributed by atoms with van der Waals surface area (Å²) in [7, 11) is 3.23. The number of nitrogens with zero attached hydrogens (tertiary/aromatic N) is 4. The van der Waals surface area contributed by atoms with Gasteiger partial charge in [0.05, 0.1) is 42.8 Å². The van der Waals surface area contributed by atoms with Crippen LogP contribution in [0.2, 0.25) is 0 Å². The van der Waals surface area contributed by atoms with E-state index >= 15 is 0 Å². The fraction of sp³-hybridized carbons (Fsp3) is 0.211. The van der Waals surface area contributed by atoms with Gasteiger partial charge in [0.1, 0.15) is 6.61 Å². The average Bonchev–Trinajstić information content (AvgIpc) is 3.12. The van der Waals surface area contributed by atoms with Gasteiger partial charge in [-0.15, -0.1) is 0 Å². The van der Waals surface area contributed by atoms with E-state index in [1.165, 1.54) is 0 Å². The lowest BCUT2D eigenvalue weighted by Gasteiger charge is -2.13. The largest absolute Gasteiger partial charge is 0.493 e. The molecule has 0 saturated carbocycles. The van der Waals surface area contributed by atoms with Crippen molar-refractivity contribution in [2.75, 3.05) is 27.4 Å². The second-order valence-corrected chi connectivity index (χ2v) is 6.67. The van der Waals surface area contributed by atoms with Crippen LogP contribution < -0.4 is 9.47 Å². The van der Waals surface area contributed by atoms with Gasteiger partial charge in [-0.05, 0) is 18.2 Å².